The number of ether oxygens (including phenoxy) is 3. The van der Waals surface area contributed by atoms with Gasteiger partial charge in [0.05, 0.1) is 31.9 Å². The Balaban J connectivity index is 1.96. The fraction of sp³-hybridized carbons (Fsp3) is 0.240. The highest BCUT2D eigenvalue weighted by molar-refractivity contribution is 7.92. The Morgan fingerprint density at radius 1 is 0.857 bits per heavy atom. The summed E-state index contributed by atoms with van der Waals surface area (Å²) in [5.74, 6) is 0.182. The van der Waals surface area contributed by atoms with Gasteiger partial charge in [0.1, 0.15) is 18.1 Å². The van der Waals surface area contributed by atoms with Crippen LogP contribution in [0.25, 0.3) is 0 Å². The number of nitrogens with zero attached hydrogens (tertiary/aromatic N) is 2. The summed E-state index contributed by atoms with van der Waals surface area (Å²) < 4.78 is 57.6. The number of anilines is 1. The van der Waals surface area contributed by atoms with Crippen LogP contribution in [0, 0.1) is 5.82 Å². The molecule has 0 N–H and O–H groups in total. The third-order valence-electron chi connectivity index (χ3n) is 5.36. The highest BCUT2D eigenvalue weighted by Crippen LogP contribution is 2.32. The highest BCUT2D eigenvalue weighted by Gasteiger charge is 2.29. The van der Waals surface area contributed by atoms with E-state index >= 15 is 0 Å². The van der Waals surface area contributed by atoms with Gasteiger partial charge < -0.3 is 19.1 Å². The smallest absolute Gasteiger partial charge is 0.264 e. The number of methoxy groups -OCH3 is 3. The summed E-state index contributed by atoms with van der Waals surface area (Å²) in [5, 5.41) is 0. The summed E-state index contributed by atoms with van der Waals surface area (Å²) >= 11 is 0. The van der Waals surface area contributed by atoms with Gasteiger partial charge in [0.15, 0.2) is 11.5 Å². The van der Waals surface area contributed by atoms with Gasteiger partial charge in [-0.15, -0.1) is 0 Å². The van der Waals surface area contributed by atoms with Gasteiger partial charge in [-0.2, -0.15) is 0 Å². The first-order valence-electron chi connectivity index (χ1n) is 10.6. The second-order valence-electron chi connectivity index (χ2n) is 7.57. The molecular formula is C25H27FN2O6S. The van der Waals surface area contributed by atoms with Crippen molar-refractivity contribution >= 4 is 21.6 Å². The van der Waals surface area contributed by atoms with E-state index in [1.807, 2.05) is 18.2 Å². The lowest BCUT2D eigenvalue weighted by Crippen LogP contribution is -2.41. The average Bonchev–Trinajstić information content (AvgIpc) is 2.87. The molecule has 0 aromatic heterocycles. The molecule has 0 heterocycles. The molecule has 0 atom stereocenters. The van der Waals surface area contributed by atoms with Crippen molar-refractivity contribution in [1.29, 1.82) is 0 Å². The molecule has 0 aliphatic heterocycles. The van der Waals surface area contributed by atoms with E-state index in [1.165, 1.54) is 56.6 Å². The van der Waals surface area contributed by atoms with Crippen LogP contribution in [0.4, 0.5) is 10.1 Å². The molecule has 10 heteroatoms. The van der Waals surface area contributed by atoms with Crippen molar-refractivity contribution in [3.05, 3.63) is 78.1 Å². The van der Waals surface area contributed by atoms with Gasteiger partial charge in [-0.1, -0.05) is 18.2 Å². The molecule has 0 bridgehead atoms. The lowest BCUT2D eigenvalue weighted by Gasteiger charge is -2.27. The van der Waals surface area contributed by atoms with Gasteiger partial charge in [-0.3, -0.25) is 9.10 Å². The lowest BCUT2D eigenvalue weighted by atomic mass is 10.2. The maximum Gasteiger partial charge on any atom is 0.264 e. The van der Waals surface area contributed by atoms with E-state index in [0.717, 1.165) is 22.0 Å². The SMILES string of the molecule is COc1ccccc1CN(C)C(=O)CN(c1ccc(F)cc1)S(=O)(=O)c1ccc(OC)c(OC)c1. The van der Waals surface area contributed by atoms with Crippen molar-refractivity contribution in [1.82, 2.24) is 4.90 Å². The second kappa shape index (κ2) is 11.1. The zero-order valence-electron chi connectivity index (χ0n) is 19.9. The number of halogens is 1. The van der Waals surface area contributed by atoms with Gasteiger partial charge in [-0.05, 0) is 42.5 Å². The first-order chi connectivity index (χ1) is 16.7. The molecule has 3 aromatic rings. The Labute approximate surface area is 204 Å². The minimum atomic E-state index is -4.24. The van der Waals surface area contributed by atoms with E-state index in [4.69, 9.17) is 14.2 Å². The maximum absolute atomic E-state index is 13.6. The quantitative estimate of drug-likeness (QED) is 0.420. The molecule has 0 radical (unpaired) electrons. The largest absolute Gasteiger partial charge is 0.496 e. The van der Waals surface area contributed by atoms with E-state index in [0.29, 0.717) is 11.5 Å². The Hall–Kier alpha value is -3.79. The Kier molecular flexibility index (Phi) is 8.18. The van der Waals surface area contributed by atoms with Gasteiger partial charge >= 0.3 is 0 Å². The van der Waals surface area contributed by atoms with Gasteiger partial charge in [0.25, 0.3) is 10.0 Å². The number of hydrogen-bond donors (Lipinski definition) is 0. The van der Waals surface area contributed by atoms with E-state index in [1.54, 1.807) is 13.1 Å². The fourth-order valence-electron chi connectivity index (χ4n) is 3.45. The molecule has 1 amide bonds. The number of rotatable bonds is 10. The number of hydrogen-bond acceptors (Lipinski definition) is 6. The Bertz CT molecular complexity index is 1280. The normalized spacial score (nSPS) is 11.0. The van der Waals surface area contributed by atoms with Gasteiger partial charge in [0, 0.05) is 25.2 Å². The minimum Gasteiger partial charge on any atom is -0.496 e. The number of carbonyl (C=O) groups excluding carboxylic acids is 1. The molecule has 8 nitrogen and oxygen atoms in total. The fourth-order valence-corrected chi connectivity index (χ4v) is 4.88. The standard InChI is InChI=1S/C25H27FN2O6S/c1-27(16-18-7-5-6-8-22(18)32-2)25(29)17-28(20-11-9-19(26)10-12-20)35(30,31)21-13-14-23(33-3)24(15-21)34-4/h5-15H,16-17H2,1-4H3. The van der Waals surface area contributed by atoms with Crippen molar-refractivity contribution in [3.8, 4) is 17.2 Å². The van der Waals surface area contributed by atoms with Crippen molar-refractivity contribution in [2.45, 2.75) is 11.4 Å². The van der Waals surface area contributed by atoms with Gasteiger partial charge in [0.2, 0.25) is 5.91 Å². The Morgan fingerprint density at radius 3 is 2.11 bits per heavy atom. The molecular weight excluding hydrogens is 475 g/mol. The number of para-hydroxylation sites is 1. The van der Waals surface area contributed by atoms with E-state index in [2.05, 4.69) is 0 Å². The summed E-state index contributed by atoms with van der Waals surface area (Å²) in [6, 6.07) is 16.3. The van der Waals surface area contributed by atoms with Crippen LogP contribution in [-0.4, -0.2) is 54.1 Å². The third kappa shape index (κ3) is 5.83. The molecule has 0 aliphatic carbocycles. The summed E-state index contributed by atoms with van der Waals surface area (Å²) in [5.41, 5.74) is 0.905. The zero-order chi connectivity index (χ0) is 25.6. The van der Waals surface area contributed by atoms with E-state index in [9.17, 15) is 17.6 Å². The van der Waals surface area contributed by atoms with Crippen LogP contribution in [0.1, 0.15) is 5.56 Å². The molecule has 0 saturated carbocycles. The molecule has 0 unspecified atom stereocenters. The molecule has 35 heavy (non-hydrogen) atoms. The minimum absolute atomic E-state index is 0.111. The summed E-state index contributed by atoms with van der Waals surface area (Å²) in [6.45, 7) is -0.301. The van der Waals surface area contributed by atoms with E-state index in [-0.39, 0.29) is 22.9 Å². The summed E-state index contributed by atoms with van der Waals surface area (Å²) in [7, 11) is 1.70. The van der Waals surface area contributed by atoms with Crippen molar-refractivity contribution in [3.63, 3.8) is 0 Å². The maximum atomic E-state index is 13.6. The van der Waals surface area contributed by atoms with E-state index < -0.39 is 28.3 Å². The topological polar surface area (TPSA) is 85.4 Å². The van der Waals surface area contributed by atoms with Gasteiger partial charge in [-0.25, -0.2) is 12.8 Å². The number of benzene rings is 3. The predicted molar refractivity (Wildman–Crippen MR) is 130 cm³/mol. The van der Waals surface area contributed by atoms with Crippen LogP contribution >= 0.6 is 0 Å². The predicted octanol–water partition coefficient (Wildman–Crippen LogP) is 3.71. The van der Waals surface area contributed by atoms with Crippen LogP contribution in [-0.2, 0) is 21.4 Å². The molecule has 186 valence electrons. The lowest BCUT2D eigenvalue weighted by molar-refractivity contribution is -0.128. The third-order valence-corrected chi connectivity index (χ3v) is 7.13. The monoisotopic (exact) mass is 502 g/mol. The first-order valence-corrected chi connectivity index (χ1v) is 12.0. The molecule has 0 fully saturated rings. The Morgan fingerprint density at radius 2 is 1.49 bits per heavy atom. The van der Waals surface area contributed by atoms with Crippen molar-refractivity contribution in [2.75, 3.05) is 39.2 Å². The molecule has 0 saturated heterocycles. The molecule has 0 spiro atoms. The summed E-state index contributed by atoms with van der Waals surface area (Å²) in [4.78, 5) is 14.4. The zero-order valence-corrected chi connectivity index (χ0v) is 20.7. The molecule has 0 aliphatic rings. The van der Waals surface area contributed by atoms with Crippen molar-refractivity contribution in [2.24, 2.45) is 0 Å². The summed E-state index contributed by atoms with van der Waals surface area (Å²) in [6.07, 6.45) is 0. The molecule has 3 rings (SSSR count). The number of likely N-dealkylation sites (N-methyl/N-ethyl adjacent to an activating group) is 1. The van der Waals surface area contributed by atoms with Crippen molar-refractivity contribution < 1.29 is 31.8 Å². The average molecular weight is 503 g/mol. The number of sulfonamides is 1. The number of amides is 1. The number of carbonyl (C=O) groups is 1. The molecule has 3 aromatic carbocycles. The van der Waals surface area contributed by atoms with Crippen LogP contribution in [0.5, 0.6) is 17.2 Å². The highest BCUT2D eigenvalue weighted by atomic mass is 32.2. The first kappa shape index (κ1) is 25.8. The van der Waals surface area contributed by atoms with Crippen LogP contribution in [0.15, 0.2) is 71.6 Å². The van der Waals surface area contributed by atoms with Crippen LogP contribution in [0.3, 0.4) is 0 Å². The van der Waals surface area contributed by atoms with Crippen LogP contribution in [0.2, 0.25) is 0 Å². The second-order valence-corrected chi connectivity index (χ2v) is 9.43. The van der Waals surface area contributed by atoms with Crippen LogP contribution < -0.4 is 18.5 Å².